The van der Waals surface area contributed by atoms with Crippen LogP contribution in [0.15, 0.2) is 24.3 Å². The second-order valence-corrected chi connectivity index (χ2v) is 3.85. The topological polar surface area (TPSA) is 0 Å². The van der Waals surface area contributed by atoms with Crippen molar-refractivity contribution in [3.05, 3.63) is 24.3 Å². The van der Waals surface area contributed by atoms with Crippen LogP contribution in [-0.4, -0.2) is 15.7 Å². The lowest BCUT2D eigenvalue weighted by Gasteiger charge is -1.91. The molecule has 0 saturated carbocycles. The monoisotopic (exact) mass is 190 g/mol. The van der Waals surface area contributed by atoms with E-state index in [2.05, 4.69) is 40.0 Å². The van der Waals surface area contributed by atoms with Crippen LogP contribution in [0, 0.1) is 0 Å². The minimum absolute atomic E-state index is 1.24. The van der Waals surface area contributed by atoms with Gasteiger partial charge >= 0.3 is 0 Å². The van der Waals surface area contributed by atoms with Crippen LogP contribution < -0.4 is 0 Å². The Morgan fingerprint density at radius 2 is 1.07 bits per heavy atom. The van der Waals surface area contributed by atoms with E-state index < -0.39 is 0 Å². The third-order valence-electron chi connectivity index (χ3n) is 2.33. The average Bonchev–Trinajstić information content (AvgIpc) is 2.21. The summed E-state index contributed by atoms with van der Waals surface area (Å²) in [4.78, 5) is 0. The number of rotatable bonds is 9. The molecule has 0 spiro atoms. The minimum atomic E-state index is 1.24. The van der Waals surface area contributed by atoms with Gasteiger partial charge in [0.2, 0.25) is 0 Å². The Balaban J connectivity index is 3.15. The van der Waals surface area contributed by atoms with Crippen LogP contribution >= 0.6 is 0 Å². The maximum absolute atomic E-state index is 2.28. The maximum atomic E-state index is 2.28. The van der Waals surface area contributed by atoms with Gasteiger partial charge in [0.1, 0.15) is 15.7 Å². The van der Waals surface area contributed by atoms with Crippen LogP contribution in [-0.2, 0) is 0 Å². The van der Waals surface area contributed by atoms with Gasteiger partial charge in [-0.1, -0.05) is 62.6 Å². The summed E-state index contributed by atoms with van der Waals surface area (Å²) in [5.41, 5.74) is 0. The molecular formula is C12H24B2. The maximum Gasteiger partial charge on any atom is 0.101 e. The molecule has 2 heteroatoms. The lowest BCUT2D eigenvalue weighted by atomic mass is 9.99. The molecule has 0 aliphatic heterocycles. The summed E-state index contributed by atoms with van der Waals surface area (Å²) in [6.45, 7) is 0. The van der Waals surface area contributed by atoms with Crippen molar-refractivity contribution >= 4 is 15.7 Å². The molecule has 14 heavy (non-hydrogen) atoms. The van der Waals surface area contributed by atoms with Gasteiger partial charge in [-0.3, -0.25) is 0 Å². The highest BCUT2D eigenvalue weighted by atomic mass is 13.9. The zero-order valence-corrected chi connectivity index (χ0v) is 9.97. The van der Waals surface area contributed by atoms with Gasteiger partial charge in [-0.05, 0) is 12.8 Å². The van der Waals surface area contributed by atoms with E-state index in [1.54, 1.807) is 0 Å². The zero-order chi connectivity index (χ0) is 10.5. The first kappa shape index (κ1) is 13.6. The zero-order valence-electron chi connectivity index (χ0n) is 9.97. The van der Waals surface area contributed by atoms with Gasteiger partial charge in [-0.2, -0.15) is 0 Å². The molecule has 0 aromatic heterocycles. The third kappa shape index (κ3) is 11.6. The van der Waals surface area contributed by atoms with Crippen LogP contribution in [0.3, 0.4) is 0 Å². The molecule has 0 aromatic carbocycles. The van der Waals surface area contributed by atoms with Crippen molar-refractivity contribution in [2.24, 2.45) is 0 Å². The molecule has 0 N–H and O–H groups in total. The van der Waals surface area contributed by atoms with E-state index >= 15 is 0 Å². The first-order chi connectivity index (χ1) is 6.91. The van der Waals surface area contributed by atoms with E-state index in [-0.39, 0.29) is 0 Å². The molecule has 0 radical (unpaired) electrons. The summed E-state index contributed by atoms with van der Waals surface area (Å²) < 4.78 is 0. The molecular weight excluding hydrogens is 166 g/mol. The first-order valence-corrected chi connectivity index (χ1v) is 6.23. The van der Waals surface area contributed by atoms with E-state index in [4.69, 9.17) is 0 Å². The van der Waals surface area contributed by atoms with Crippen molar-refractivity contribution in [3.63, 3.8) is 0 Å². The molecule has 0 aromatic rings. The standard InChI is InChI=1S/C12H24B2/c13-11-9-7-5-3-1-2-4-6-8-10-12-14/h1-4H,5-14H2/b3-1-,4-2-. The molecule has 0 rings (SSSR count). The predicted molar refractivity (Wildman–Crippen MR) is 72.7 cm³/mol. The van der Waals surface area contributed by atoms with E-state index in [0.717, 1.165) is 0 Å². The molecule has 0 fully saturated rings. The number of unbranched alkanes of at least 4 members (excludes halogenated alkanes) is 4. The summed E-state index contributed by atoms with van der Waals surface area (Å²) in [6, 6.07) is 0. The highest BCUT2D eigenvalue weighted by Crippen LogP contribution is 2.00. The van der Waals surface area contributed by atoms with Crippen molar-refractivity contribution in [1.29, 1.82) is 0 Å². The van der Waals surface area contributed by atoms with Crippen molar-refractivity contribution in [2.45, 2.75) is 51.2 Å². The van der Waals surface area contributed by atoms with Crippen LogP contribution in [0.2, 0.25) is 12.6 Å². The normalized spacial score (nSPS) is 11.7. The number of hydrogen-bond donors (Lipinski definition) is 0. The summed E-state index contributed by atoms with van der Waals surface area (Å²) >= 11 is 0. The quantitative estimate of drug-likeness (QED) is 0.297. The molecule has 78 valence electrons. The van der Waals surface area contributed by atoms with Crippen LogP contribution in [0.1, 0.15) is 38.5 Å². The van der Waals surface area contributed by atoms with Gasteiger partial charge in [0.05, 0.1) is 0 Å². The van der Waals surface area contributed by atoms with Gasteiger partial charge in [-0.25, -0.2) is 0 Å². The molecule has 0 aliphatic carbocycles. The largest absolute Gasteiger partial charge is 0.101 e. The highest BCUT2D eigenvalue weighted by molar-refractivity contribution is 6.08. The van der Waals surface area contributed by atoms with Crippen molar-refractivity contribution in [3.8, 4) is 0 Å². The summed E-state index contributed by atoms with van der Waals surface area (Å²) in [5, 5.41) is 0. The Kier molecular flexibility index (Phi) is 12.3. The molecule has 0 aliphatic rings. The van der Waals surface area contributed by atoms with Gasteiger partial charge in [0.15, 0.2) is 0 Å². The number of allylic oxidation sites excluding steroid dienone is 4. The minimum Gasteiger partial charge on any atom is -0.0845 e. The Labute approximate surface area is 91.7 Å². The van der Waals surface area contributed by atoms with Gasteiger partial charge < -0.3 is 0 Å². The lowest BCUT2D eigenvalue weighted by molar-refractivity contribution is 0.811. The Morgan fingerprint density at radius 3 is 1.43 bits per heavy atom. The fourth-order valence-corrected chi connectivity index (χ4v) is 1.37. The van der Waals surface area contributed by atoms with Crippen molar-refractivity contribution < 1.29 is 0 Å². The lowest BCUT2D eigenvalue weighted by Crippen LogP contribution is -1.72. The Hall–Kier alpha value is -0.390. The molecule has 0 amide bonds. The van der Waals surface area contributed by atoms with E-state index in [1.807, 2.05) is 0 Å². The summed E-state index contributed by atoms with van der Waals surface area (Å²) in [6.07, 6.45) is 19.5. The fourth-order valence-electron chi connectivity index (χ4n) is 1.37. The highest BCUT2D eigenvalue weighted by Gasteiger charge is 1.81. The first-order valence-electron chi connectivity index (χ1n) is 6.23. The van der Waals surface area contributed by atoms with Crippen molar-refractivity contribution in [1.82, 2.24) is 0 Å². The van der Waals surface area contributed by atoms with Crippen molar-refractivity contribution in [2.75, 3.05) is 0 Å². The predicted octanol–water partition coefficient (Wildman–Crippen LogP) is 2.54. The van der Waals surface area contributed by atoms with E-state index in [0.29, 0.717) is 0 Å². The number of hydrogen-bond acceptors (Lipinski definition) is 0. The second-order valence-electron chi connectivity index (χ2n) is 3.85. The summed E-state index contributed by atoms with van der Waals surface area (Å²) in [5.74, 6) is 0. The van der Waals surface area contributed by atoms with E-state index in [1.165, 1.54) is 51.2 Å². The second kappa shape index (κ2) is 12.6. The Bertz CT molecular complexity index is 132. The van der Waals surface area contributed by atoms with Gasteiger partial charge in [0, 0.05) is 0 Å². The molecule has 0 nitrogen and oxygen atoms in total. The van der Waals surface area contributed by atoms with E-state index in [9.17, 15) is 0 Å². The van der Waals surface area contributed by atoms with Gasteiger partial charge in [-0.15, -0.1) is 0 Å². The average molecular weight is 190 g/mol. The van der Waals surface area contributed by atoms with Crippen LogP contribution in [0.4, 0.5) is 0 Å². The SMILES string of the molecule is BCCCC/C=C\C=C/CCCCB. The molecule has 0 unspecified atom stereocenters. The van der Waals surface area contributed by atoms with Crippen LogP contribution in [0.5, 0.6) is 0 Å². The van der Waals surface area contributed by atoms with Gasteiger partial charge in [0.25, 0.3) is 0 Å². The molecule has 0 bridgehead atoms. The smallest absolute Gasteiger partial charge is 0.0845 e. The summed E-state index contributed by atoms with van der Waals surface area (Å²) in [7, 11) is 4.49. The van der Waals surface area contributed by atoms with Crippen LogP contribution in [0.25, 0.3) is 0 Å². The molecule has 0 saturated heterocycles. The Morgan fingerprint density at radius 1 is 0.643 bits per heavy atom. The third-order valence-corrected chi connectivity index (χ3v) is 2.33. The molecule has 0 heterocycles. The molecule has 0 atom stereocenters. The fraction of sp³-hybridized carbons (Fsp3) is 0.667.